The van der Waals surface area contributed by atoms with Gasteiger partial charge in [-0.15, -0.1) is 0 Å². The van der Waals surface area contributed by atoms with E-state index in [1.54, 1.807) is 24.3 Å². The van der Waals surface area contributed by atoms with Crippen molar-refractivity contribution in [3.05, 3.63) is 169 Å². The lowest BCUT2D eigenvalue weighted by atomic mass is 9.61. The molecule has 2 aromatic carbocycles. The lowest BCUT2D eigenvalue weighted by Gasteiger charge is -2.52. The normalized spacial score (nSPS) is 25.0. The van der Waals surface area contributed by atoms with Crippen molar-refractivity contribution in [2.45, 2.75) is 337 Å². The van der Waals surface area contributed by atoms with Gasteiger partial charge in [-0.05, 0) is 507 Å². The van der Waals surface area contributed by atoms with E-state index >= 15 is 0 Å². The molecule has 4 aromatic heterocycles. The van der Waals surface area contributed by atoms with Crippen LogP contribution < -0.4 is 19.6 Å². The Hall–Kier alpha value is -6.22. The quantitative estimate of drug-likeness (QED) is 0.145. The van der Waals surface area contributed by atoms with Crippen LogP contribution in [0.5, 0.6) is 0 Å². The number of nitrogens with zero attached hydrogens (tertiary/aromatic N) is 16. The summed E-state index contributed by atoms with van der Waals surface area (Å²) >= 11 is 0. The molecule has 0 N–H and O–H groups in total. The van der Waals surface area contributed by atoms with E-state index in [0.717, 1.165) is 19.6 Å². The lowest BCUT2D eigenvalue weighted by molar-refractivity contribution is 0.000633. The molecule has 18 heteroatoms. The molecule has 11 saturated heterocycles. The van der Waals surface area contributed by atoms with Crippen molar-refractivity contribution in [3.63, 3.8) is 0 Å². The maximum atomic E-state index is 13.4. The summed E-state index contributed by atoms with van der Waals surface area (Å²) in [5.74, 6) is 0.242. The second-order valence-electron chi connectivity index (χ2n) is 49.7. The molecule has 18 rings (SSSR count). The Morgan fingerprint density at radius 2 is 0.568 bits per heavy atom. The molecule has 3 atom stereocenters. The number of aromatic nitrogens is 4. The van der Waals surface area contributed by atoms with E-state index in [2.05, 4.69) is 266 Å². The van der Waals surface area contributed by atoms with Crippen LogP contribution in [0.15, 0.2) is 147 Å². The highest BCUT2D eigenvalue weighted by atomic mass is 19.1. The van der Waals surface area contributed by atoms with Gasteiger partial charge in [0.15, 0.2) is 0 Å². The number of likely N-dealkylation sites (N-methyl/N-ethyl adjacent to an activating group) is 1. The summed E-state index contributed by atoms with van der Waals surface area (Å²) in [6, 6.07) is 32.0. The summed E-state index contributed by atoms with van der Waals surface area (Å²) in [5, 5.41) is 0. The number of pyridine rings is 4. The van der Waals surface area contributed by atoms with Gasteiger partial charge in [0.1, 0.15) is 11.6 Å². The van der Waals surface area contributed by atoms with Crippen LogP contribution in [0, 0.1) is 44.1 Å². The zero-order valence-corrected chi connectivity index (χ0v) is 86.9. The Morgan fingerprint density at radius 1 is 0.280 bits per heavy atom. The van der Waals surface area contributed by atoms with Crippen molar-refractivity contribution in [1.29, 1.82) is 0 Å². The van der Waals surface area contributed by atoms with Gasteiger partial charge in [0.25, 0.3) is 0 Å². The third-order valence-electron chi connectivity index (χ3n) is 34.7. The number of likely N-dealkylation sites (tertiary alicyclic amines) is 7. The van der Waals surface area contributed by atoms with Gasteiger partial charge in [-0.25, -0.2) is 8.78 Å². The Balaban J connectivity index is 0.000000135. The summed E-state index contributed by atoms with van der Waals surface area (Å²) < 4.78 is 26.4. The largest absolute Gasteiger partial charge is 0.371 e. The molecule has 0 bridgehead atoms. The molecule has 0 amide bonds. The van der Waals surface area contributed by atoms with E-state index in [4.69, 9.17) is 0 Å². The molecule has 1 saturated carbocycles. The van der Waals surface area contributed by atoms with Crippen LogP contribution in [-0.4, -0.2) is 256 Å². The van der Waals surface area contributed by atoms with Gasteiger partial charge in [0.05, 0.1) is 0 Å². The smallest absolute Gasteiger partial charge is 0.123 e. The molecule has 1 aliphatic carbocycles. The van der Waals surface area contributed by atoms with Crippen molar-refractivity contribution in [2.24, 2.45) is 32.5 Å². The number of piperidine rings is 11. The molecule has 12 aliphatic rings. The highest BCUT2D eigenvalue weighted by Crippen LogP contribution is 2.53. The van der Waals surface area contributed by atoms with Gasteiger partial charge in [-0.2, -0.15) is 0 Å². The van der Waals surface area contributed by atoms with E-state index < -0.39 is 0 Å². The van der Waals surface area contributed by atoms with Gasteiger partial charge in [0.2, 0.25) is 0 Å². The van der Waals surface area contributed by atoms with Crippen LogP contribution in [0.25, 0.3) is 0 Å². The third-order valence-corrected chi connectivity index (χ3v) is 34.7. The topological polar surface area (TPSA) is 90.4 Å². The summed E-state index contributed by atoms with van der Waals surface area (Å²) in [6.45, 7) is 70.3. The van der Waals surface area contributed by atoms with Crippen molar-refractivity contribution in [1.82, 2.24) is 59.1 Å². The second-order valence-corrected chi connectivity index (χ2v) is 49.7. The van der Waals surface area contributed by atoms with E-state index in [1.165, 1.54) is 325 Å². The highest BCUT2D eigenvalue weighted by Gasteiger charge is 2.49. The molecule has 16 nitrogen and oxygen atoms in total. The van der Waals surface area contributed by atoms with E-state index in [9.17, 15) is 8.78 Å². The van der Waals surface area contributed by atoms with E-state index in [1.807, 2.05) is 73.8 Å². The Bertz CT molecular complexity index is 4330. The zero-order valence-electron chi connectivity index (χ0n) is 86.9. The molecule has 11 aliphatic heterocycles. The van der Waals surface area contributed by atoms with Crippen LogP contribution in [-0.2, 0) is 6.54 Å². The fraction of sp³-hybridized carbons (Fsp3) is 0.719. The zero-order chi connectivity index (χ0) is 94.4. The monoisotopic (exact) mass is 1810 g/mol. The van der Waals surface area contributed by atoms with Gasteiger partial charge in [-0.3, -0.25) is 54.2 Å². The van der Waals surface area contributed by atoms with Crippen LogP contribution >= 0.6 is 0 Å². The average Bonchev–Trinajstić information content (AvgIpc) is 1.08. The number of halogens is 2. The van der Waals surface area contributed by atoms with Crippen LogP contribution in [0.3, 0.4) is 0 Å². The van der Waals surface area contributed by atoms with Crippen molar-refractivity contribution in [3.8, 4) is 0 Å². The van der Waals surface area contributed by atoms with Crippen molar-refractivity contribution in [2.75, 3.05) is 178 Å². The van der Waals surface area contributed by atoms with Crippen LogP contribution in [0.2, 0.25) is 0 Å². The first-order valence-corrected chi connectivity index (χ1v) is 52.5. The molecule has 3 unspecified atom stereocenters. The first-order chi connectivity index (χ1) is 62.5. The summed E-state index contributed by atoms with van der Waals surface area (Å²) in [7, 11) is 4.39. The first kappa shape index (κ1) is 103. The van der Waals surface area contributed by atoms with Gasteiger partial charge < -0.3 is 24.5 Å². The van der Waals surface area contributed by atoms with E-state index in [0.29, 0.717) is 72.1 Å². The number of anilines is 4. The number of benzene rings is 2. The Kier molecular flexibility index (Phi) is 34.6. The number of rotatable bonds is 8. The predicted octanol–water partition coefficient (Wildman–Crippen LogP) is 23.5. The highest BCUT2D eigenvalue weighted by molar-refractivity contribution is 5.49. The molecular formula is C114H182F2N16. The summed E-state index contributed by atoms with van der Waals surface area (Å²) in [4.78, 5) is 47.7. The molecule has 12 fully saturated rings. The van der Waals surface area contributed by atoms with E-state index in [-0.39, 0.29) is 17.2 Å². The van der Waals surface area contributed by atoms with Gasteiger partial charge in [-0.1, -0.05) is 12.1 Å². The molecule has 732 valence electrons. The third kappa shape index (κ3) is 28.3. The Labute approximate surface area is 802 Å². The molecule has 132 heavy (non-hydrogen) atoms. The number of hydrogen-bond acceptors (Lipinski definition) is 16. The summed E-state index contributed by atoms with van der Waals surface area (Å²) in [5.41, 5.74) is 13.0. The molecule has 0 radical (unpaired) electrons. The molecule has 15 heterocycles. The standard InChI is InChI=1S/C22H35FN2.C19H29FN2.C19H31N3.3C18H29N3/c1-21(2,3)25-14-12-22(13-15-25)11-10-20(24(4)5)19(16-22)17-6-8-18(23)9-7-17;1-18(2,3)22-14-10-19(11-15-22)8-12-21(13-9-19)17-6-4-16(20)5-7-17;1-18(2,3)22-14-8-19(9-15-22)6-12-21(13-7-19)16-17-4-10-20-11-5-17;1-17(2,3)21-13-5-9-18(15-21)8-4-12-20(14-18)16-6-10-19-11-7-16;1-17(2,3)21-12-4-7-18(15-21)8-13-20(14-9-18)16-5-10-19-11-6-16;1-17(2,3)21-13-8-18(9-14-21)7-4-12-20(15-18)16-5-10-19-11-6-16/h6-9,19-20H,10-16H2,1-5H3;4-7H,8-15H2,1-3H3;4-5,10-11H,6-9,12-16H2,1-3H3;6-7,10-11H,4-5,8-9,12-15H2,1-3H3;2*5-6,10-11H,4,7-9,12-15H2,1-3H3. The fourth-order valence-corrected chi connectivity index (χ4v) is 25.4. The molecular weight excluding hydrogens is 1630 g/mol. The average molecular weight is 1810 g/mol. The van der Waals surface area contributed by atoms with Crippen molar-refractivity contribution >= 4 is 22.7 Å². The fourth-order valence-electron chi connectivity index (χ4n) is 25.4. The maximum Gasteiger partial charge on any atom is 0.123 e. The minimum Gasteiger partial charge on any atom is -0.371 e. The van der Waals surface area contributed by atoms with Crippen LogP contribution in [0.1, 0.15) is 302 Å². The number of hydrogen-bond donors (Lipinski definition) is 0. The maximum absolute atomic E-state index is 13.4. The molecule has 6 aromatic rings. The first-order valence-electron chi connectivity index (χ1n) is 52.5. The molecule has 6 spiro atoms. The Morgan fingerprint density at radius 3 is 0.947 bits per heavy atom. The second kappa shape index (κ2) is 44.3. The van der Waals surface area contributed by atoms with Crippen LogP contribution in [0.4, 0.5) is 31.5 Å². The minimum atomic E-state index is -0.146. The van der Waals surface area contributed by atoms with Gasteiger partial charge in [0, 0.05) is 189 Å². The SMILES string of the molecule is CC(C)(C)N1CCC2(CCCN(c3ccncc3)C2)CC1.CC(C)(C)N1CCC2(CCN(Cc3ccncc3)CC2)CC1.CC(C)(C)N1CCC2(CCN(c3ccc(F)cc3)CC2)CC1.CC(C)(C)N1CCCC2(CCCN(c3ccncc3)C2)C1.CC(C)(C)N1CCCC2(CCN(c3ccncc3)CC2)C1.CN(C)C1CCC2(CCN(C(C)(C)C)CC2)CC1c1ccc(F)cc1. The summed E-state index contributed by atoms with van der Waals surface area (Å²) in [6.07, 6.45) is 48.9. The minimum absolute atomic E-state index is 0.130. The van der Waals surface area contributed by atoms with Gasteiger partial charge >= 0.3 is 0 Å². The van der Waals surface area contributed by atoms with Crippen molar-refractivity contribution < 1.29 is 8.78 Å². The predicted molar refractivity (Wildman–Crippen MR) is 552 cm³/mol. The lowest BCUT2D eigenvalue weighted by Crippen LogP contribution is -2.56.